The van der Waals surface area contributed by atoms with Crippen molar-refractivity contribution in [1.29, 1.82) is 5.26 Å². The van der Waals surface area contributed by atoms with E-state index in [-0.39, 0.29) is 23.6 Å². The summed E-state index contributed by atoms with van der Waals surface area (Å²) in [6.07, 6.45) is 1.79. The molecular weight excluding hydrogens is 470 g/mol. The molecule has 2 aromatic rings. The normalized spacial score (nSPS) is 13.8. The summed E-state index contributed by atoms with van der Waals surface area (Å²) in [6, 6.07) is 9.01. The summed E-state index contributed by atoms with van der Waals surface area (Å²) in [5.41, 5.74) is 1.63. The third-order valence-electron chi connectivity index (χ3n) is 5.39. The van der Waals surface area contributed by atoms with E-state index in [1.165, 1.54) is 0 Å². The standard InChI is InChI=1S/C25H30ClN5O4/c1-25(2,3)35-24(34)31-10-8-30(9-11-31)22-18(15-27)13-19(16-29-22)17-5-6-20(21(26)14-17)23(33)28-7-4-12-32/h5-6,13-14,16,32H,4,7-12H2,1-3H3,(H,28,33). The van der Waals surface area contributed by atoms with E-state index < -0.39 is 5.60 Å². The summed E-state index contributed by atoms with van der Waals surface area (Å²) < 4.78 is 5.44. The molecule has 186 valence electrons. The van der Waals surface area contributed by atoms with E-state index in [2.05, 4.69) is 16.4 Å². The topological polar surface area (TPSA) is 119 Å². The van der Waals surface area contributed by atoms with Crippen LogP contribution < -0.4 is 10.2 Å². The maximum atomic E-state index is 12.3. The van der Waals surface area contributed by atoms with Gasteiger partial charge in [0, 0.05) is 51.1 Å². The zero-order chi connectivity index (χ0) is 25.6. The molecule has 2 amide bonds. The summed E-state index contributed by atoms with van der Waals surface area (Å²) in [7, 11) is 0. The van der Waals surface area contributed by atoms with Crippen molar-refractivity contribution in [3.8, 4) is 17.2 Å². The van der Waals surface area contributed by atoms with Crippen LogP contribution in [0.25, 0.3) is 11.1 Å². The fraction of sp³-hybridized carbons (Fsp3) is 0.440. The number of aliphatic hydroxyl groups is 1. The van der Waals surface area contributed by atoms with E-state index in [0.29, 0.717) is 61.7 Å². The van der Waals surface area contributed by atoms with Crippen LogP contribution in [0.2, 0.25) is 5.02 Å². The molecule has 0 aliphatic carbocycles. The maximum Gasteiger partial charge on any atom is 0.410 e. The fourth-order valence-corrected chi connectivity index (χ4v) is 3.90. The Morgan fingerprint density at radius 2 is 1.91 bits per heavy atom. The number of nitrogens with zero attached hydrogens (tertiary/aromatic N) is 4. The molecule has 0 bridgehead atoms. The van der Waals surface area contributed by atoms with E-state index in [9.17, 15) is 14.9 Å². The van der Waals surface area contributed by atoms with Crippen molar-refractivity contribution in [2.75, 3.05) is 44.2 Å². The lowest BCUT2D eigenvalue weighted by molar-refractivity contribution is 0.0240. The van der Waals surface area contributed by atoms with Gasteiger partial charge < -0.3 is 25.0 Å². The number of hydrogen-bond acceptors (Lipinski definition) is 7. The number of aliphatic hydroxyl groups excluding tert-OH is 1. The quantitative estimate of drug-likeness (QED) is 0.584. The van der Waals surface area contributed by atoms with Crippen LogP contribution in [0, 0.1) is 11.3 Å². The van der Waals surface area contributed by atoms with Crippen molar-refractivity contribution < 1.29 is 19.4 Å². The zero-order valence-corrected chi connectivity index (χ0v) is 20.9. The second kappa shape index (κ2) is 11.4. The van der Waals surface area contributed by atoms with E-state index >= 15 is 0 Å². The fourth-order valence-electron chi connectivity index (χ4n) is 3.63. The molecule has 1 aromatic heterocycles. The molecule has 1 saturated heterocycles. The van der Waals surface area contributed by atoms with Crippen molar-refractivity contribution in [3.63, 3.8) is 0 Å². The first-order valence-corrected chi connectivity index (χ1v) is 11.8. The molecule has 0 radical (unpaired) electrons. The summed E-state index contributed by atoms with van der Waals surface area (Å²) >= 11 is 6.35. The molecule has 0 atom stereocenters. The molecular formula is C25H30ClN5O4. The Bertz CT molecular complexity index is 1120. The van der Waals surface area contributed by atoms with Crippen LogP contribution in [-0.2, 0) is 4.74 Å². The Morgan fingerprint density at radius 3 is 2.51 bits per heavy atom. The highest BCUT2D eigenvalue weighted by Gasteiger charge is 2.27. The number of nitrogens with one attached hydrogen (secondary N) is 1. The third kappa shape index (κ3) is 6.84. The third-order valence-corrected chi connectivity index (χ3v) is 5.70. The van der Waals surface area contributed by atoms with Crippen molar-refractivity contribution in [1.82, 2.24) is 15.2 Å². The number of carbonyl (C=O) groups excluding carboxylic acids is 2. The molecule has 0 saturated carbocycles. The minimum absolute atomic E-state index is 0.00338. The van der Waals surface area contributed by atoms with Crippen LogP contribution in [-0.4, -0.2) is 71.9 Å². The monoisotopic (exact) mass is 499 g/mol. The highest BCUT2D eigenvalue weighted by Crippen LogP contribution is 2.29. The Morgan fingerprint density at radius 1 is 1.20 bits per heavy atom. The SMILES string of the molecule is CC(C)(C)OC(=O)N1CCN(c2ncc(-c3ccc(C(=O)NCCCO)c(Cl)c3)cc2C#N)CC1. The number of hydrogen-bond donors (Lipinski definition) is 2. The number of aromatic nitrogens is 1. The van der Waals surface area contributed by atoms with Crippen molar-refractivity contribution in [2.24, 2.45) is 0 Å². The highest BCUT2D eigenvalue weighted by atomic mass is 35.5. The number of nitriles is 1. The first kappa shape index (κ1) is 26.3. The predicted octanol–water partition coefficient (Wildman–Crippen LogP) is 3.44. The van der Waals surface area contributed by atoms with Crippen molar-refractivity contribution in [3.05, 3.63) is 46.6 Å². The minimum Gasteiger partial charge on any atom is -0.444 e. The second-order valence-electron chi connectivity index (χ2n) is 9.19. The van der Waals surface area contributed by atoms with Crippen LogP contribution in [0.3, 0.4) is 0 Å². The lowest BCUT2D eigenvalue weighted by Gasteiger charge is -2.36. The molecule has 0 spiro atoms. The lowest BCUT2D eigenvalue weighted by Crippen LogP contribution is -2.50. The predicted molar refractivity (Wildman–Crippen MR) is 133 cm³/mol. The molecule has 2 heterocycles. The Hall–Kier alpha value is -3.35. The number of anilines is 1. The van der Waals surface area contributed by atoms with Gasteiger partial charge in [0.25, 0.3) is 5.91 Å². The van der Waals surface area contributed by atoms with E-state index in [4.69, 9.17) is 21.4 Å². The van der Waals surface area contributed by atoms with Gasteiger partial charge in [-0.15, -0.1) is 0 Å². The molecule has 3 rings (SSSR count). The van der Waals surface area contributed by atoms with Crippen LogP contribution in [0.15, 0.2) is 30.5 Å². The molecule has 1 fully saturated rings. The van der Waals surface area contributed by atoms with Gasteiger partial charge in [0.05, 0.1) is 16.1 Å². The smallest absolute Gasteiger partial charge is 0.410 e. The van der Waals surface area contributed by atoms with Gasteiger partial charge in [0.1, 0.15) is 17.5 Å². The molecule has 9 nitrogen and oxygen atoms in total. The van der Waals surface area contributed by atoms with Gasteiger partial charge in [-0.25, -0.2) is 9.78 Å². The van der Waals surface area contributed by atoms with Gasteiger partial charge in [-0.2, -0.15) is 5.26 Å². The number of amides is 2. The first-order valence-electron chi connectivity index (χ1n) is 11.4. The average Bonchev–Trinajstić information content (AvgIpc) is 2.82. The number of halogens is 1. The Kier molecular flexibility index (Phi) is 8.54. The Balaban J connectivity index is 1.71. The molecule has 1 aliphatic heterocycles. The number of carbonyl (C=O) groups is 2. The average molecular weight is 500 g/mol. The van der Waals surface area contributed by atoms with Gasteiger partial charge in [-0.3, -0.25) is 4.79 Å². The maximum absolute atomic E-state index is 12.3. The lowest BCUT2D eigenvalue weighted by atomic mass is 10.0. The van der Waals surface area contributed by atoms with Gasteiger partial charge in [0.2, 0.25) is 0 Å². The van der Waals surface area contributed by atoms with Crippen LogP contribution in [0.1, 0.15) is 43.1 Å². The summed E-state index contributed by atoms with van der Waals surface area (Å²) in [4.78, 5) is 32.8. The van der Waals surface area contributed by atoms with E-state index in [0.717, 1.165) is 5.56 Å². The van der Waals surface area contributed by atoms with Crippen molar-refractivity contribution >= 4 is 29.4 Å². The van der Waals surface area contributed by atoms with E-state index in [1.807, 2.05) is 25.7 Å². The van der Waals surface area contributed by atoms with Crippen LogP contribution in [0.5, 0.6) is 0 Å². The highest BCUT2D eigenvalue weighted by molar-refractivity contribution is 6.34. The molecule has 0 unspecified atom stereocenters. The van der Waals surface area contributed by atoms with Crippen molar-refractivity contribution in [2.45, 2.75) is 32.8 Å². The summed E-state index contributed by atoms with van der Waals surface area (Å²) in [6.45, 7) is 7.87. The van der Waals surface area contributed by atoms with Gasteiger partial charge in [-0.1, -0.05) is 17.7 Å². The first-order chi connectivity index (χ1) is 16.6. The molecule has 1 aliphatic rings. The molecule has 1 aromatic carbocycles. The number of pyridine rings is 1. The molecule has 35 heavy (non-hydrogen) atoms. The number of ether oxygens (including phenoxy) is 1. The summed E-state index contributed by atoms with van der Waals surface area (Å²) in [5, 5.41) is 21.6. The number of rotatable bonds is 6. The summed E-state index contributed by atoms with van der Waals surface area (Å²) in [5.74, 6) is 0.248. The van der Waals surface area contributed by atoms with Crippen LogP contribution in [0.4, 0.5) is 10.6 Å². The van der Waals surface area contributed by atoms with Gasteiger partial charge in [-0.05, 0) is 51.0 Å². The van der Waals surface area contributed by atoms with E-state index in [1.54, 1.807) is 35.4 Å². The minimum atomic E-state index is -0.551. The second-order valence-corrected chi connectivity index (χ2v) is 9.60. The van der Waals surface area contributed by atoms with Gasteiger partial charge in [0.15, 0.2) is 0 Å². The Labute approximate surface area is 210 Å². The molecule has 2 N–H and O–H groups in total. The largest absolute Gasteiger partial charge is 0.444 e. The zero-order valence-electron chi connectivity index (χ0n) is 20.2. The number of benzene rings is 1. The molecule has 10 heteroatoms. The van der Waals surface area contributed by atoms with Gasteiger partial charge >= 0.3 is 6.09 Å². The number of piperazine rings is 1. The van der Waals surface area contributed by atoms with Crippen LogP contribution >= 0.6 is 11.6 Å².